The summed E-state index contributed by atoms with van der Waals surface area (Å²) < 4.78 is 1.12. The molecule has 1 atom stereocenters. The van der Waals surface area contributed by atoms with E-state index in [2.05, 4.69) is 45.4 Å². The summed E-state index contributed by atoms with van der Waals surface area (Å²) >= 11 is 11.5. The average Bonchev–Trinajstić information content (AvgIpc) is 2.80. The van der Waals surface area contributed by atoms with Crippen LogP contribution in [-0.2, 0) is 6.54 Å². The van der Waals surface area contributed by atoms with E-state index in [9.17, 15) is 0 Å². The van der Waals surface area contributed by atoms with Gasteiger partial charge in [0.15, 0.2) is 0 Å². The Morgan fingerprint density at radius 1 is 1.37 bits per heavy atom. The van der Waals surface area contributed by atoms with Crippen LogP contribution in [0.25, 0.3) is 0 Å². The molecule has 0 spiro atoms. The Bertz CT molecular complexity index is 544. The van der Waals surface area contributed by atoms with Gasteiger partial charge in [0.05, 0.1) is 6.04 Å². The van der Waals surface area contributed by atoms with Gasteiger partial charge in [0, 0.05) is 27.5 Å². The predicted octanol–water partition coefficient (Wildman–Crippen LogP) is 4.30. The molecule has 2 N–H and O–H groups in total. The van der Waals surface area contributed by atoms with E-state index in [1.54, 1.807) is 11.3 Å². The standard InChI is InChI=1S/C14H16BrClN2S/c1-18(9-10-4-2-3-5-12(10)16)13(8-17)14-11(15)6-7-19-14/h2-7,13H,8-9,17H2,1H3. The van der Waals surface area contributed by atoms with Gasteiger partial charge >= 0.3 is 0 Å². The van der Waals surface area contributed by atoms with Crippen LogP contribution in [0.2, 0.25) is 5.02 Å². The molecule has 0 saturated heterocycles. The number of benzene rings is 1. The Kier molecular flexibility index (Phi) is 5.42. The van der Waals surface area contributed by atoms with Crippen LogP contribution in [0, 0.1) is 0 Å². The molecular formula is C14H16BrClN2S. The van der Waals surface area contributed by atoms with E-state index in [0.717, 1.165) is 21.6 Å². The molecular weight excluding hydrogens is 344 g/mol. The molecule has 0 bridgehead atoms. The zero-order valence-electron chi connectivity index (χ0n) is 10.6. The topological polar surface area (TPSA) is 29.3 Å². The van der Waals surface area contributed by atoms with Crippen molar-refractivity contribution in [2.75, 3.05) is 13.6 Å². The Morgan fingerprint density at radius 3 is 2.68 bits per heavy atom. The smallest absolute Gasteiger partial charge is 0.0576 e. The van der Waals surface area contributed by atoms with Gasteiger partial charge in [-0.3, -0.25) is 4.90 Å². The van der Waals surface area contributed by atoms with Crippen molar-refractivity contribution in [3.05, 3.63) is 55.6 Å². The highest BCUT2D eigenvalue weighted by atomic mass is 79.9. The summed E-state index contributed by atoms with van der Waals surface area (Å²) in [6.07, 6.45) is 0. The molecule has 0 radical (unpaired) electrons. The van der Waals surface area contributed by atoms with Crippen molar-refractivity contribution in [3.63, 3.8) is 0 Å². The molecule has 1 aromatic carbocycles. The average molecular weight is 360 g/mol. The van der Waals surface area contributed by atoms with Gasteiger partial charge in [-0.1, -0.05) is 29.8 Å². The first-order chi connectivity index (χ1) is 9.13. The molecule has 5 heteroatoms. The molecule has 0 saturated carbocycles. The van der Waals surface area contributed by atoms with E-state index in [4.69, 9.17) is 17.3 Å². The van der Waals surface area contributed by atoms with Gasteiger partial charge in [0.1, 0.15) is 0 Å². The Morgan fingerprint density at radius 2 is 2.11 bits per heavy atom. The van der Waals surface area contributed by atoms with Crippen molar-refractivity contribution in [1.29, 1.82) is 0 Å². The lowest BCUT2D eigenvalue weighted by Gasteiger charge is -2.27. The second kappa shape index (κ2) is 6.86. The molecule has 0 amide bonds. The van der Waals surface area contributed by atoms with Gasteiger partial charge in [0.25, 0.3) is 0 Å². The van der Waals surface area contributed by atoms with Crippen LogP contribution in [0.5, 0.6) is 0 Å². The first-order valence-electron chi connectivity index (χ1n) is 6.00. The second-order valence-corrected chi connectivity index (χ2v) is 6.60. The maximum absolute atomic E-state index is 6.21. The zero-order valence-corrected chi connectivity index (χ0v) is 13.8. The van der Waals surface area contributed by atoms with E-state index < -0.39 is 0 Å². The Hall–Kier alpha value is -0.390. The maximum Gasteiger partial charge on any atom is 0.0576 e. The molecule has 1 heterocycles. The summed E-state index contributed by atoms with van der Waals surface area (Å²) in [5.74, 6) is 0. The van der Waals surface area contributed by atoms with Crippen LogP contribution in [0.15, 0.2) is 40.2 Å². The summed E-state index contributed by atoms with van der Waals surface area (Å²) in [6, 6.07) is 10.2. The van der Waals surface area contributed by atoms with E-state index in [0.29, 0.717) is 6.54 Å². The van der Waals surface area contributed by atoms with Crippen molar-refractivity contribution in [3.8, 4) is 0 Å². The maximum atomic E-state index is 6.21. The summed E-state index contributed by atoms with van der Waals surface area (Å²) in [7, 11) is 2.08. The van der Waals surface area contributed by atoms with Gasteiger partial charge in [-0.25, -0.2) is 0 Å². The molecule has 19 heavy (non-hydrogen) atoms. The van der Waals surface area contributed by atoms with Gasteiger partial charge in [-0.2, -0.15) is 0 Å². The van der Waals surface area contributed by atoms with Crippen molar-refractivity contribution in [1.82, 2.24) is 4.90 Å². The third kappa shape index (κ3) is 3.58. The van der Waals surface area contributed by atoms with Crippen LogP contribution >= 0.6 is 38.9 Å². The van der Waals surface area contributed by atoms with Gasteiger partial charge in [0.2, 0.25) is 0 Å². The Labute approximate surface area is 131 Å². The number of nitrogens with two attached hydrogens (primary N) is 1. The van der Waals surface area contributed by atoms with Gasteiger partial charge in [-0.05, 0) is 46.1 Å². The lowest BCUT2D eigenvalue weighted by molar-refractivity contribution is 0.244. The SMILES string of the molecule is CN(Cc1ccccc1Cl)C(CN)c1sccc1Br. The fraction of sp³-hybridized carbons (Fsp3) is 0.286. The number of hydrogen-bond acceptors (Lipinski definition) is 3. The van der Waals surface area contributed by atoms with Gasteiger partial charge < -0.3 is 5.73 Å². The van der Waals surface area contributed by atoms with Crippen molar-refractivity contribution >= 4 is 38.9 Å². The van der Waals surface area contributed by atoms with Gasteiger partial charge in [-0.15, -0.1) is 11.3 Å². The minimum Gasteiger partial charge on any atom is -0.329 e. The molecule has 2 aromatic rings. The molecule has 0 aliphatic rings. The van der Waals surface area contributed by atoms with E-state index >= 15 is 0 Å². The molecule has 0 fully saturated rings. The molecule has 1 unspecified atom stereocenters. The molecule has 0 aliphatic heterocycles. The quantitative estimate of drug-likeness (QED) is 0.862. The largest absolute Gasteiger partial charge is 0.329 e. The summed E-state index contributed by atoms with van der Waals surface area (Å²) in [6.45, 7) is 1.37. The lowest BCUT2D eigenvalue weighted by Crippen LogP contribution is -2.29. The summed E-state index contributed by atoms with van der Waals surface area (Å²) in [4.78, 5) is 3.50. The lowest BCUT2D eigenvalue weighted by atomic mass is 10.1. The van der Waals surface area contributed by atoms with E-state index in [-0.39, 0.29) is 6.04 Å². The van der Waals surface area contributed by atoms with Crippen LogP contribution in [0.1, 0.15) is 16.5 Å². The highest BCUT2D eigenvalue weighted by molar-refractivity contribution is 9.10. The first kappa shape index (κ1) is 15.0. The minimum atomic E-state index is 0.200. The van der Waals surface area contributed by atoms with Crippen molar-refractivity contribution in [2.45, 2.75) is 12.6 Å². The normalized spacial score (nSPS) is 12.9. The molecule has 1 aromatic heterocycles. The third-order valence-corrected chi connectivity index (χ3v) is 5.42. The van der Waals surface area contributed by atoms with E-state index in [1.165, 1.54) is 4.88 Å². The van der Waals surface area contributed by atoms with Crippen LogP contribution in [0.3, 0.4) is 0 Å². The first-order valence-corrected chi connectivity index (χ1v) is 8.05. The summed E-state index contributed by atoms with van der Waals surface area (Å²) in [5, 5.41) is 2.88. The predicted molar refractivity (Wildman–Crippen MR) is 86.7 cm³/mol. The number of rotatable bonds is 5. The number of nitrogens with zero attached hydrogens (tertiary/aromatic N) is 1. The third-order valence-electron chi connectivity index (χ3n) is 3.08. The number of hydrogen-bond donors (Lipinski definition) is 1. The van der Waals surface area contributed by atoms with E-state index in [1.807, 2.05) is 18.2 Å². The fourth-order valence-corrected chi connectivity index (χ4v) is 4.05. The molecule has 2 nitrogen and oxygen atoms in total. The summed E-state index contributed by atoms with van der Waals surface area (Å²) in [5.41, 5.74) is 7.06. The van der Waals surface area contributed by atoms with Crippen LogP contribution in [-0.4, -0.2) is 18.5 Å². The highest BCUT2D eigenvalue weighted by Crippen LogP contribution is 2.32. The monoisotopic (exact) mass is 358 g/mol. The molecule has 0 aliphatic carbocycles. The number of thiophene rings is 1. The fourth-order valence-electron chi connectivity index (χ4n) is 2.04. The Balaban J connectivity index is 2.16. The number of halogens is 2. The highest BCUT2D eigenvalue weighted by Gasteiger charge is 2.19. The van der Waals surface area contributed by atoms with Crippen LogP contribution < -0.4 is 5.73 Å². The van der Waals surface area contributed by atoms with Crippen molar-refractivity contribution < 1.29 is 0 Å². The molecule has 102 valence electrons. The minimum absolute atomic E-state index is 0.200. The molecule has 2 rings (SSSR count). The van der Waals surface area contributed by atoms with Crippen molar-refractivity contribution in [2.24, 2.45) is 5.73 Å². The second-order valence-electron chi connectivity index (χ2n) is 4.39. The number of likely N-dealkylation sites (N-methyl/N-ethyl adjacent to an activating group) is 1. The zero-order chi connectivity index (χ0) is 13.8. The van der Waals surface area contributed by atoms with Crippen LogP contribution in [0.4, 0.5) is 0 Å².